The number of hydrogen-bond donors (Lipinski definition) is 0. The average molecular weight is 308 g/mol. The van der Waals surface area contributed by atoms with Crippen LogP contribution in [0.3, 0.4) is 0 Å². The van der Waals surface area contributed by atoms with Gasteiger partial charge in [0.1, 0.15) is 5.75 Å². The summed E-state index contributed by atoms with van der Waals surface area (Å²) in [6.07, 6.45) is -4.41. The third-order valence-corrected chi connectivity index (χ3v) is 3.21. The highest BCUT2D eigenvalue weighted by Crippen LogP contribution is 2.29. The lowest BCUT2D eigenvalue weighted by molar-refractivity contribution is -0.137. The van der Waals surface area contributed by atoms with Crippen molar-refractivity contribution in [2.75, 3.05) is 6.61 Å². The van der Waals surface area contributed by atoms with E-state index in [9.17, 15) is 18.0 Å². The van der Waals surface area contributed by atoms with Crippen molar-refractivity contribution in [1.29, 1.82) is 0 Å². The first-order valence-corrected chi connectivity index (χ1v) is 6.78. The van der Waals surface area contributed by atoms with Gasteiger partial charge in [-0.25, -0.2) is 0 Å². The molecule has 0 atom stereocenters. The SMILES string of the molecule is CCOc1ccc(C(=O)c2ccc(C(F)(F)F)cc2)cc1C. The van der Waals surface area contributed by atoms with Crippen molar-refractivity contribution < 1.29 is 22.7 Å². The molecule has 22 heavy (non-hydrogen) atoms. The van der Waals surface area contributed by atoms with Crippen LogP contribution >= 0.6 is 0 Å². The molecule has 116 valence electrons. The molecule has 0 radical (unpaired) electrons. The van der Waals surface area contributed by atoms with E-state index in [2.05, 4.69) is 0 Å². The van der Waals surface area contributed by atoms with E-state index >= 15 is 0 Å². The minimum Gasteiger partial charge on any atom is -0.494 e. The normalized spacial score (nSPS) is 11.3. The lowest BCUT2D eigenvalue weighted by Gasteiger charge is -2.10. The van der Waals surface area contributed by atoms with Crippen LogP contribution in [0.1, 0.15) is 34.0 Å². The third-order valence-electron chi connectivity index (χ3n) is 3.21. The second-order valence-corrected chi connectivity index (χ2v) is 4.82. The van der Waals surface area contributed by atoms with Gasteiger partial charge in [-0.3, -0.25) is 4.79 Å². The summed E-state index contributed by atoms with van der Waals surface area (Å²) in [5, 5.41) is 0. The van der Waals surface area contributed by atoms with Crippen molar-refractivity contribution in [2.45, 2.75) is 20.0 Å². The van der Waals surface area contributed by atoms with E-state index in [0.29, 0.717) is 17.9 Å². The van der Waals surface area contributed by atoms with Gasteiger partial charge in [-0.1, -0.05) is 12.1 Å². The number of alkyl halides is 3. The van der Waals surface area contributed by atoms with Crippen LogP contribution in [-0.2, 0) is 6.18 Å². The van der Waals surface area contributed by atoms with Crippen molar-refractivity contribution in [3.8, 4) is 5.75 Å². The summed E-state index contributed by atoms with van der Waals surface area (Å²) in [5.74, 6) is 0.367. The number of halogens is 3. The molecular formula is C17H15F3O2. The summed E-state index contributed by atoms with van der Waals surface area (Å²) < 4.78 is 42.9. The van der Waals surface area contributed by atoms with Crippen molar-refractivity contribution in [3.63, 3.8) is 0 Å². The van der Waals surface area contributed by atoms with Gasteiger partial charge >= 0.3 is 6.18 Å². The maximum Gasteiger partial charge on any atom is 0.416 e. The second-order valence-electron chi connectivity index (χ2n) is 4.82. The Balaban J connectivity index is 2.26. The smallest absolute Gasteiger partial charge is 0.416 e. The second kappa shape index (κ2) is 6.22. The van der Waals surface area contributed by atoms with E-state index in [-0.39, 0.29) is 11.3 Å². The third kappa shape index (κ3) is 3.47. The topological polar surface area (TPSA) is 26.3 Å². The molecule has 0 bridgehead atoms. The number of ketones is 1. The number of ether oxygens (including phenoxy) is 1. The first kappa shape index (κ1) is 16.1. The standard InChI is InChI=1S/C17H15F3O2/c1-3-22-15-9-6-13(10-11(15)2)16(21)12-4-7-14(8-5-12)17(18,19)20/h4-10H,3H2,1-2H3. The van der Waals surface area contributed by atoms with Crippen LogP contribution in [0.2, 0.25) is 0 Å². The number of carbonyl (C=O) groups is 1. The predicted octanol–water partition coefficient (Wildman–Crippen LogP) is 4.64. The fraction of sp³-hybridized carbons (Fsp3) is 0.235. The number of carbonyl (C=O) groups excluding carboxylic acids is 1. The summed E-state index contributed by atoms with van der Waals surface area (Å²) in [6, 6.07) is 9.18. The van der Waals surface area contributed by atoms with Gasteiger partial charge < -0.3 is 4.74 Å². The first-order chi connectivity index (χ1) is 10.3. The van der Waals surface area contributed by atoms with Crippen molar-refractivity contribution in [3.05, 3.63) is 64.7 Å². The van der Waals surface area contributed by atoms with Crippen molar-refractivity contribution in [1.82, 2.24) is 0 Å². The maximum absolute atomic E-state index is 12.5. The largest absolute Gasteiger partial charge is 0.494 e. The molecule has 0 aliphatic heterocycles. The van der Waals surface area contributed by atoms with Crippen LogP contribution in [-0.4, -0.2) is 12.4 Å². The molecule has 0 fully saturated rings. The molecule has 0 aliphatic carbocycles. The number of benzene rings is 2. The minimum absolute atomic E-state index is 0.219. The molecule has 2 nitrogen and oxygen atoms in total. The van der Waals surface area contributed by atoms with Gasteiger partial charge in [-0.05, 0) is 49.7 Å². The zero-order chi connectivity index (χ0) is 16.3. The van der Waals surface area contributed by atoms with E-state index in [0.717, 1.165) is 17.7 Å². The Morgan fingerprint density at radius 3 is 2.14 bits per heavy atom. The van der Waals surface area contributed by atoms with Crippen LogP contribution < -0.4 is 4.74 Å². The minimum atomic E-state index is -4.41. The molecule has 0 unspecified atom stereocenters. The Kier molecular flexibility index (Phi) is 4.54. The molecule has 2 aromatic rings. The lowest BCUT2D eigenvalue weighted by Crippen LogP contribution is -2.07. The number of aryl methyl sites for hydroxylation is 1. The molecule has 2 aromatic carbocycles. The molecule has 0 saturated heterocycles. The van der Waals surface area contributed by atoms with E-state index < -0.39 is 11.7 Å². The highest BCUT2D eigenvalue weighted by molar-refractivity contribution is 6.09. The quantitative estimate of drug-likeness (QED) is 0.769. The van der Waals surface area contributed by atoms with Crippen LogP contribution in [0.5, 0.6) is 5.75 Å². The molecule has 0 heterocycles. The Morgan fingerprint density at radius 2 is 1.64 bits per heavy atom. The molecule has 2 rings (SSSR count). The zero-order valence-corrected chi connectivity index (χ0v) is 12.2. The summed E-state index contributed by atoms with van der Waals surface area (Å²) in [5.41, 5.74) is 0.670. The molecule has 0 spiro atoms. The molecule has 0 aliphatic rings. The summed E-state index contributed by atoms with van der Waals surface area (Å²) in [7, 11) is 0. The van der Waals surface area contributed by atoms with Crippen LogP contribution in [0, 0.1) is 6.92 Å². The Hall–Kier alpha value is -2.30. The molecule has 0 aromatic heterocycles. The first-order valence-electron chi connectivity index (χ1n) is 6.78. The van der Waals surface area contributed by atoms with Gasteiger partial charge in [0.2, 0.25) is 0 Å². The van der Waals surface area contributed by atoms with Crippen LogP contribution in [0.4, 0.5) is 13.2 Å². The average Bonchev–Trinajstić information content (AvgIpc) is 2.48. The maximum atomic E-state index is 12.5. The van der Waals surface area contributed by atoms with Gasteiger partial charge in [-0.2, -0.15) is 13.2 Å². The number of rotatable bonds is 4. The van der Waals surface area contributed by atoms with Gasteiger partial charge in [0.15, 0.2) is 5.78 Å². The molecule has 0 amide bonds. The molecular weight excluding hydrogens is 293 g/mol. The molecule has 0 N–H and O–H groups in total. The monoisotopic (exact) mass is 308 g/mol. The summed E-state index contributed by atoms with van der Waals surface area (Å²) >= 11 is 0. The van der Waals surface area contributed by atoms with Gasteiger partial charge in [-0.15, -0.1) is 0 Å². The van der Waals surface area contributed by atoms with Gasteiger partial charge in [0, 0.05) is 11.1 Å². The van der Waals surface area contributed by atoms with Crippen molar-refractivity contribution >= 4 is 5.78 Å². The van der Waals surface area contributed by atoms with E-state index in [1.54, 1.807) is 18.2 Å². The number of hydrogen-bond acceptors (Lipinski definition) is 2. The van der Waals surface area contributed by atoms with E-state index in [1.165, 1.54) is 12.1 Å². The van der Waals surface area contributed by atoms with Gasteiger partial charge in [0.05, 0.1) is 12.2 Å². The fourth-order valence-electron chi connectivity index (χ4n) is 2.09. The van der Waals surface area contributed by atoms with Crippen LogP contribution in [0.25, 0.3) is 0 Å². The fourth-order valence-corrected chi connectivity index (χ4v) is 2.09. The van der Waals surface area contributed by atoms with Gasteiger partial charge in [0.25, 0.3) is 0 Å². The highest BCUT2D eigenvalue weighted by atomic mass is 19.4. The Morgan fingerprint density at radius 1 is 1.05 bits per heavy atom. The highest BCUT2D eigenvalue weighted by Gasteiger charge is 2.30. The molecule has 5 heteroatoms. The van der Waals surface area contributed by atoms with E-state index in [1.807, 2.05) is 13.8 Å². The Bertz CT molecular complexity index is 673. The predicted molar refractivity (Wildman–Crippen MR) is 77.2 cm³/mol. The Labute approximate surface area is 126 Å². The molecule has 0 saturated carbocycles. The summed E-state index contributed by atoms with van der Waals surface area (Å²) in [6.45, 7) is 4.20. The zero-order valence-electron chi connectivity index (χ0n) is 12.2. The lowest BCUT2D eigenvalue weighted by atomic mass is 10.00. The van der Waals surface area contributed by atoms with Crippen LogP contribution in [0.15, 0.2) is 42.5 Å². The van der Waals surface area contributed by atoms with Crippen molar-refractivity contribution in [2.24, 2.45) is 0 Å². The summed E-state index contributed by atoms with van der Waals surface area (Å²) in [4.78, 5) is 12.3. The van der Waals surface area contributed by atoms with E-state index in [4.69, 9.17) is 4.74 Å².